The van der Waals surface area contributed by atoms with E-state index < -0.39 is 5.97 Å². The van der Waals surface area contributed by atoms with Gasteiger partial charge in [-0.15, -0.1) is 6.58 Å². The molecule has 1 rings (SSSR count). The van der Waals surface area contributed by atoms with Gasteiger partial charge in [-0.2, -0.15) is 0 Å². The fraction of sp³-hybridized carbons (Fsp3) is 0.333. The van der Waals surface area contributed by atoms with Gasteiger partial charge in [-0.05, 0) is 18.9 Å². The van der Waals surface area contributed by atoms with Crippen LogP contribution in [-0.2, 0) is 6.42 Å². The number of aryl methyl sites for hydroxylation is 1. The lowest BCUT2D eigenvalue weighted by Crippen LogP contribution is -2.04. The Hall–Kier alpha value is -1.84. The second-order valence-electron chi connectivity index (χ2n) is 3.27. The van der Waals surface area contributed by atoms with Crippen molar-refractivity contribution in [3.8, 4) is 5.88 Å². The van der Waals surface area contributed by atoms with Crippen molar-refractivity contribution in [3.63, 3.8) is 0 Å². The molecule has 0 saturated carbocycles. The molecule has 0 saturated heterocycles. The molecule has 0 aromatic carbocycles. The van der Waals surface area contributed by atoms with E-state index in [9.17, 15) is 4.79 Å². The van der Waals surface area contributed by atoms with Gasteiger partial charge in [0.2, 0.25) is 5.88 Å². The van der Waals surface area contributed by atoms with Crippen molar-refractivity contribution in [1.29, 1.82) is 0 Å². The first-order valence-corrected chi connectivity index (χ1v) is 5.15. The van der Waals surface area contributed by atoms with E-state index in [2.05, 4.69) is 11.6 Å². The number of hydrogen-bond acceptors (Lipinski definition) is 3. The smallest absolute Gasteiger partial charge is 0.335 e. The van der Waals surface area contributed by atoms with Crippen molar-refractivity contribution >= 4 is 5.97 Å². The van der Waals surface area contributed by atoms with Crippen LogP contribution >= 0.6 is 0 Å². The number of pyridine rings is 1. The standard InChI is InChI=1S/C12H15NO3/c1-3-5-6-16-11-8-9(12(14)15)7-10(4-2)13-11/h3,7-8H,1,4-6H2,2H3,(H,14,15). The Labute approximate surface area is 94.6 Å². The average molecular weight is 221 g/mol. The Balaban J connectivity index is 2.86. The Bertz CT molecular complexity index is 388. The van der Waals surface area contributed by atoms with Gasteiger partial charge in [-0.25, -0.2) is 9.78 Å². The first-order chi connectivity index (χ1) is 7.67. The maximum Gasteiger partial charge on any atom is 0.335 e. The molecule has 0 fully saturated rings. The summed E-state index contributed by atoms with van der Waals surface area (Å²) in [5.41, 5.74) is 0.925. The van der Waals surface area contributed by atoms with E-state index in [0.717, 1.165) is 0 Å². The van der Waals surface area contributed by atoms with E-state index in [0.29, 0.717) is 31.0 Å². The number of aromatic carboxylic acids is 1. The minimum Gasteiger partial charge on any atom is -0.478 e. The van der Waals surface area contributed by atoms with Crippen LogP contribution in [-0.4, -0.2) is 22.7 Å². The summed E-state index contributed by atoms with van der Waals surface area (Å²) in [5, 5.41) is 8.90. The maximum absolute atomic E-state index is 10.9. The molecular weight excluding hydrogens is 206 g/mol. The van der Waals surface area contributed by atoms with Crippen molar-refractivity contribution in [2.75, 3.05) is 6.61 Å². The van der Waals surface area contributed by atoms with Gasteiger partial charge >= 0.3 is 5.97 Å². The zero-order valence-corrected chi connectivity index (χ0v) is 9.27. The van der Waals surface area contributed by atoms with Crippen LogP contribution in [0.3, 0.4) is 0 Å². The molecule has 1 N–H and O–H groups in total. The largest absolute Gasteiger partial charge is 0.478 e. The molecule has 0 bridgehead atoms. The molecule has 16 heavy (non-hydrogen) atoms. The van der Waals surface area contributed by atoms with Crippen LogP contribution in [0.4, 0.5) is 0 Å². The Morgan fingerprint density at radius 2 is 2.38 bits per heavy atom. The summed E-state index contributed by atoms with van der Waals surface area (Å²) in [6.07, 6.45) is 3.13. The Morgan fingerprint density at radius 3 is 2.94 bits per heavy atom. The highest BCUT2D eigenvalue weighted by molar-refractivity contribution is 5.88. The lowest BCUT2D eigenvalue weighted by Gasteiger charge is -2.06. The van der Waals surface area contributed by atoms with Crippen LogP contribution < -0.4 is 4.74 Å². The lowest BCUT2D eigenvalue weighted by molar-refractivity contribution is 0.0696. The van der Waals surface area contributed by atoms with Crippen LogP contribution in [0.25, 0.3) is 0 Å². The molecule has 0 atom stereocenters. The highest BCUT2D eigenvalue weighted by Crippen LogP contribution is 2.13. The summed E-state index contributed by atoms with van der Waals surface area (Å²) in [6.45, 7) is 5.96. The van der Waals surface area contributed by atoms with Crippen molar-refractivity contribution in [2.24, 2.45) is 0 Å². The summed E-state index contributed by atoms with van der Waals surface area (Å²) in [7, 11) is 0. The monoisotopic (exact) mass is 221 g/mol. The number of nitrogens with zero attached hydrogens (tertiary/aromatic N) is 1. The van der Waals surface area contributed by atoms with E-state index in [1.165, 1.54) is 6.07 Å². The zero-order chi connectivity index (χ0) is 12.0. The van der Waals surface area contributed by atoms with E-state index >= 15 is 0 Å². The van der Waals surface area contributed by atoms with Gasteiger partial charge in [-0.3, -0.25) is 0 Å². The highest BCUT2D eigenvalue weighted by Gasteiger charge is 2.08. The second kappa shape index (κ2) is 5.90. The Morgan fingerprint density at radius 1 is 1.62 bits per heavy atom. The lowest BCUT2D eigenvalue weighted by atomic mass is 10.2. The number of carboxylic acid groups (broad SMARTS) is 1. The summed E-state index contributed by atoms with van der Waals surface area (Å²) < 4.78 is 5.33. The van der Waals surface area contributed by atoms with Crippen LogP contribution in [0.1, 0.15) is 29.4 Å². The molecule has 1 heterocycles. The predicted molar refractivity (Wildman–Crippen MR) is 60.9 cm³/mol. The SMILES string of the molecule is C=CCCOc1cc(C(=O)O)cc(CC)n1. The number of rotatable bonds is 6. The quantitative estimate of drug-likeness (QED) is 0.591. The third-order valence-corrected chi connectivity index (χ3v) is 2.04. The topological polar surface area (TPSA) is 59.4 Å². The van der Waals surface area contributed by atoms with Gasteiger partial charge < -0.3 is 9.84 Å². The fourth-order valence-corrected chi connectivity index (χ4v) is 1.19. The summed E-state index contributed by atoms with van der Waals surface area (Å²) in [4.78, 5) is 15.0. The average Bonchev–Trinajstić information content (AvgIpc) is 2.29. The molecule has 1 aromatic rings. The van der Waals surface area contributed by atoms with Crippen molar-refractivity contribution in [2.45, 2.75) is 19.8 Å². The van der Waals surface area contributed by atoms with Crippen LogP contribution in [0, 0.1) is 0 Å². The molecule has 86 valence electrons. The van der Waals surface area contributed by atoms with Gasteiger partial charge in [0.05, 0.1) is 12.2 Å². The second-order valence-corrected chi connectivity index (χ2v) is 3.27. The molecule has 0 spiro atoms. The minimum absolute atomic E-state index is 0.209. The van der Waals surface area contributed by atoms with Crippen LogP contribution in [0.5, 0.6) is 5.88 Å². The summed E-state index contributed by atoms with van der Waals surface area (Å²) in [6, 6.07) is 2.99. The molecule has 1 aromatic heterocycles. The number of carbonyl (C=O) groups is 1. The minimum atomic E-state index is -0.967. The normalized spacial score (nSPS) is 9.81. The van der Waals surface area contributed by atoms with Crippen molar-refractivity contribution < 1.29 is 14.6 Å². The van der Waals surface area contributed by atoms with Gasteiger partial charge in [0.15, 0.2) is 0 Å². The summed E-state index contributed by atoms with van der Waals surface area (Å²) in [5.74, 6) is -0.607. The van der Waals surface area contributed by atoms with E-state index in [1.54, 1.807) is 12.1 Å². The molecule has 4 heteroatoms. The van der Waals surface area contributed by atoms with E-state index in [4.69, 9.17) is 9.84 Å². The molecule has 0 aliphatic heterocycles. The molecule has 0 unspecified atom stereocenters. The third-order valence-electron chi connectivity index (χ3n) is 2.04. The molecule has 4 nitrogen and oxygen atoms in total. The molecule has 0 aliphatic rings. The molecular formula is C12H15NO3. The van der Waals surface area contributed by atoms with Gasteiger partial charge in [0, 0.05) is 11.8 Å². The van der Waals surface area contributed by atoms with Crippen LogP contribution in [0.15, 0.2) is 24.8 Å². The van der Waals surface area contributed by atoms with Crippen molar-refractivity contribution in [3.05, 3.63) is 36.0 Å². The predicted octanol–water partition coefficient (Wildman–Crippen LogP) is 2.30. The van der Waals surface area contributed by atoms with E-state index in [1.807, 2.05) is 6.92 Å². The number of hydrogen-bond donors (Lipinski definition) is 1. The molecule has 0 aliphatic carbocycles. The third kappa shape index (κ3) is 3.38. The number of aromatic nitrogens is 1. The van der Waals surface area contributed by atoms with Crippen molar-refractivity contribution in [1.82, 2.24) is 4.98 Å². The van der Waals surface area contributed by atoms with Gasteiger partial charge in [0.1, 0.15) is 0 Å². The molecule has 0 amide bonds. The van der Waals surface area contributed by atoms with E-state index in [-0.39, 0.29) is 5.56 Å². The fourth-order valence-electron chi connectivity index (χ4n) is 1.19. The van der Waals surface area contributed by atoms with Gasteiger partial charge in [-0.1, -0.05) is 13.0 Å². The summed E-state index contributed by atoms with van der Waals surface area (Å²) >= 11 is 0. The first kappa shape index (κ1) is 12.2. The maximum atomic E-state index is 10.9. The zero-order valence-electron chi connectivity index (χ0n) is 9.27. The Kier molecular flexibility index (Phi) is 4.51. The number of ether oxygens (including phenoxy) is 1. The number of carboxylic acids is 1. The van der Waals surface area contributed by atoms with Gasteiger partial charge in [0.25, 0.3) is 0 Å². The van der Waals surface area contributed by atoms with Crippen LogP contribution in [0.2, 0.25) is 0 Å². The first-order valence-electron chi connectivity index (χ1n) is 5.15. The molecule has 0 radical (unpaired) electrons. The highest BCUT2D eigenvalue weighted by atomic mass is 16.5.